The second kappa shape index (κ2) is 9.83. The number of aryl methyl sites for hydroxylation is 1. The summed E-state index contributed by atoms with van der Waals surface area (Å²) in [6, 6.07) is 7.89. The highest BCUT2D eigenvalue weighted by Gasteiger charge is 2.37. The Morgan fingerprint density at radius 2 is 1.81 bits per heavy atom. The molecule has 1 saturated heterocycles. The average molecular weight is 514 g/mol. The van der Waals surface area contributed by atoms with Gasteiger partial charge in [-0.05, 0) is 37.0 Å². The molecule has 12 heteroatoms. The number of para-hydroxylation sites is 1. The van der Waals surface area contributed by atoms with Crippen LogP contribution in [0.2, 0.25) is 0 Å². The molecule has 2 aliphatic rings. The van der Waals surface area contributed by atoms with Crippen LogP contribution in [-0.4, -0.2) is 63.2 Å². The highest BCUT2D eigenvalue weighted by atomic mass is 19.4. The first-order chi connectivity index (χ1) is 17.7. The SMILES string of the molecule is Cc1cnc(N2CCN(C(=O)CCC3Cc4ccccc4N3c3cc(C(F)(F)F)c(=O)[nH]n3)CC2)nc1. The molecule has 0 aliphatic carbocycles. The minimum atomic E-state index is -4.80. The van der Waals surface area contributed by atoms with Crippen LogP contribution in [0.4, 0.5) is 30.6 Å². The Morgan fingerprint density at radius 3 is 2.51 bits per heavy atom. The number of carbonyl (C=O) groups excluding carboxylic acids is 1. The minimum Gasteiger partial charge on any atom is -0.339 e. The van der Waals surface area contributed by atoms with Crippen molar-refractivity contribution >= 4 is 23.4 Å². The summed E-state index contributed by atoms with van der Waals surface area (Å²) in [5.74, 6) is 0.635. The van der Waals surface area contributed by atoms with Crippen LogP contribution in [0.5, 0.6) is 0 Å². The van der Waals surface area contributed by atoms with Crippen molar-refractivity contribution in [2.24, 2.45) is 0 Å². The van der Waals surface area contributed by atoms with Gasteiger partial charge in [0.1, 0.15) is 5.56 Å². The number of nitrogens with one attached hydrogen (secondary N) is 1. The molecule has 1 atom stereocenters. The molecule has 0 radical (unpaired) electrons. The van der Waals surface area contributed by atoms with Gasteiger partial charge in [-0.1, -0.05) is 18.2 Å². The number of hydrogen-bond donors (Lipinski definition) is 1. The summed E-state index contributed by atoms with van der Waals surface area (Å²) in [4.78, 5) is 39.0. The number of amides is 1. The molecule has 1 unspecified atom stereocenters. The number of anilines is 3. The van der Waals surface area contributed by atoms with E-state index in [0.717, 1.165) is 22.9 Å². The van der Waals surface area contributed by atoms with E-state index in [9.17, 15) is 22.8 Å². The quantitative estimate of drug-likeness (QED) is 0.560. The molecule has 2 aliphatic heterocycles. The highest BCUT2D eigenvalue weighted by molar-refractivity contribution is 5.77. The predicted molar refractivity (Wildman–Crippen MR) is 131 cm³/mol. The lowest BCUT2D eigenvalue weighted by atomic mass is 10.1. The number of piperazine rings is 1. The lowest BCUT2D eigenvalue weighted by molar-refractivity contribution is -0.138. The van der Waals surface area contributed by atoms with E-state index >= 15 is 0 Å². The molecule has 194 valence electrons. The topological polar surface area (TPSA) is 98.3 Å². The fourth-order valence-corrected chi connectivity index (χ4v) is 4.88. The molecular weight excluding hydrogens is 487 g/mol. The standard InChI is InChI=1S/C25H26F3N7O2/c1-16-14-29-24(30-15-16)34-10-8-33(9-11-34)22(36)7-6-18-12-17-4-2-3-5-20(17)35(18)21-13-19(25(26,27)28)23(37)32-31-21/h2-5,13-15,18H,6-12H2,1H3,(H,32,37). The second-order valence-electron chi connectivity index (χ2n) is 9.29. The van der Waals surface area contributed by atoms with Gasteiger partial charge in [0.2, 0.25) is 11.9 Å². The maximum Gasteiger partial charge on any atom is 0.421 e. The van der Waals surface area contributed by atoms with Gasteiger partial charge in [0.05, 0.1) is 0 Å². The van der Waals surface area contributed by atoms with Gasteiger partial charge in [0.15, 0.2) is 5.82 Å². The molecule has 5 rings (SSSR count). The molecule has 2 aromatic heterocycles. The van der Waals surface area contributed by atoms with Crippen LogP contribution in [0.15, 0.2) is 47.5 Å². The van der Waals surface area contributed by atoms with Gasteiger partial charge in [-0.3, -0.25) is 9.59 Å². The summed E-state index contributed by atoms with van der Waals surface area (Å²) in [5.41, 5.74) is 0.0673. The number of halogens is 3. The number of benzene rings is 1. The number of carbonyl (C=O) groups is 1. The van der Waals surface area contributed by atoms with Gasteiger partial charge >= 0.3 is 6.18 Å². The van der Waals surface area contributed by atoms with Crippen LogP contribution in [0.25, 0.3) is 0 Å². The van der Waals surface area contributed by atoms with Gasteiger partial charge in [-0.15, -0.1) is 0 Å². The van der Waals surface area contributed by atoms with E-state index in [1.54, 1.807) is 28.3 Å². The number of H-pyrrole nitrogens is 1. The second-order valence-corrected chi connectivity index (χ2v) is 9.29. The smallest absolute Gasteiger partial charge is 0.339 e. The number of hydrogen-bond acceptors (Lipinski definition) is 7. The van der Waals surface area contributed by atoms with E-state index in [1.807, 2.05) is 35.1 Å². The third-order valence-corrected chi connectivity index (χ3v) is 6.79. The first-order valence-electron chi connectivity index (χ1n) is 12.1. The molecule has 1 aromatic carbocycles. The van der Waals surface area contributed by atoms with Crippen molar-refractivity contribution in [1.29, 1.82) is 0 Å². The van der Waals surface area contributed by atoms with Crippen LogP contribution >= 0.6 is 0 Å². The molecule has 0 spiro atoms. The monoisotopic (exact) mass is 513 g/mol. The molecule has 0 saturated carbocycles. The van der Waals surface area contributed by atoms with E-state index in [1.165, 1.54) is 0 Å². The average Bonchev–Trinajstić information content (AvgIpc) is 3.26. The van der Waals surface area contributed by atoms with E-state index in [4.69, 9.17) is 0 Å². The van der Waals surface area contributed by atoms with Crippen LogP contribution in [0, 0.1) is 6.92 Å². The third-order valence-electron chi connectivity index (χ3n) is 6.79. The molecule has 9 nitrogen and oxygen atoms in total. The van der Waals surface area contributed by atoms with Gasteiger partial charge < -0.3 is 14.7 Å². The van der Waals surface area contributed by atoms with Crippen molar-refractivity contribution in [3.63, 3.8) is 0 Å². The molecule has 0 bridgehead atoms. The van der Waals surface area contributed by atoms with Crippen molar-refractivity contribution in [3.8, 4) is 0 Å². The number of aromatic amines is 1. The van der Waals surface area contributed by atoms with Crippen LogP contribution in [0.3, 0.4) is 0 Å². The van der Waals surface area contributed by atoms with Gasteiger partial charge in [0, 0.05) is 62.8 Å². The Morgan fingerprint density at radius 1 is 1.11 bits per heavy atom. The number of aromatic nitrogens is 4. The van der Waals surface area contributed by atoms with Crippen molar-refractivity contribution in [1.82, 2.24) is 25.1 Å². The maximum absolute atomic E-state index is 13.4. The van der Waals surface area contributed by atoms with Crippen molar-refractivity contribution in [3.05, 3.63) is 69.8 Å². The van der Waals surface area contributed by atoms with Crippen LogP contribution < -0.4 is 15.4 Å². The summed E-state index contributed by atoms with van der Waals surface area (Å²) in [6.45, 7) is 4.25. The largest absolute Gasteiger partial charge is 0.421 e. The molecule has 3 aromatic rings. The Balaban J connectivity index is 1.27. The summed E-state index contributed by atoms with van der Waals surface area (Å²) >= 11 is 0. The summed E-state index contributed by atoms with van der Waals surface area (Å²) in [5, 5.41) is 5.90. The zero-order valence-corrected chi connectivity index (χ0v) is 20.2. The van der Waals surface area contributed by atoms with E-state index < -0.39 is 17.3 Å². The number of nitrogens with zero attached hydrogens (tertiary/aromatic N) is 6. The first-order valence-corrected chi connectivity index (χ1v) is 12.1. The van der Waals surface area contributed by atoms with Crippen molar-refractivity contribution < 1.29 is 18.0 Å². The molecule has 1 amide bonds. The van der Waals surface area contributed by atoms with Crippen LogP contribution in [0.1, 0.15) is 29.5 Å². The molecule has 1 N–H and O–H groups in total. The van der Waals surface area contributed by atoms with Gasteiger partial charge in [-0.2, -0.15) is 18.3 Å². The van der Waals surface area contributed by atoms with Crippen LogP contribution in [-0.2, 0) is 17.4 Å². The fourth-order valence-electron chi connectivity index (χ4n) is 4.88. The summed E-state index contributed by atoms with van der Waals surface area (Å²) in [6.07, 6.45) is -0.0469. The Hall–Kier alpha value is -3.96. The predicted octanol–water partition coefficient (Wildman–Crippen LogP) is 3.08. The fraction of sp³-hybridized carbons (Fsp3) is 0.400. The zero-order chi connectivity index (χ0) is 26.2. The Bertz CT molecular complexity index is 1340. The highest BCUT2D eigenvalue weighted by Crippen LogP contribution is 2.40. The van der Waals surface area contributed by atoms with Crippen molar-refractivity contribution in [2.75, 3.05) is 36.0 Å². The molecule has 37 heavy (non-hydrogen) atoms. The summed E-state index contributed by atoms with van der Waals surface area (Å²) in [7, 11) is 0. The lowest BCUT2D eigenvalue weighted by Crippen LogP contribution is -2.49. The number of alkyl halides is 3. The third kappa shape index (κ3) is 5.13. The maximum atomic E-state index is 13.4. The zero-order valence-electron chi connectivity index (χ0n) is 20.2. The van der Waals surface area contributed by atoms with E-state index in [2.05, 4.69) is 15.1 Å². The number of fused-ring (bicyclic) bond motifs is 1. The normalized spacial score (nSPS) is 17.7. The van der Waals surface area contributed by atoms with E-state index in [-0.39, 0.29) is 24.2 Å². The molecule has 1 fully saturated rings. The first kappa shape index (κ1) is 24.7. The Labute approximate surface area is 210 Å². The van der Waals surface area contributed by atoms with Gasteiger partial charge in [-0.25, -0.2) is 15.1 Å². The minimum absolute atomic E-state index is 0.000959. The molecular formula is C25H26F3N7O2. The lowest BCUT2D eigenvalue weighted by Gasteiger charge is -2.35. The number of rotatable bonds is 5. The summed E-state index contributed by atoms with van der Waals surface area (Å²) < 4.78 is 40.2. The van der Waals surface area contributed by atoms with Crippen molar-refractivity contribution in [2.45, 2.75) is 38.4 Å². The Kier molecular flexibility index (Phi) is 6.57. The van der Waals surface area contributed by atoms with Gasteiger partial charge in [0.25, 0.3) is 5.56 Å². The molecule has 4 heterocycles. The van der Waals surface area contributed by atoms with E-state index in [0.29, 0.717) is 45.0 Å².